The van der Waals surface area contributed by atoms with Gasteiger partial charge in [0.1, 0.15) is 0 Å². The summed E-state index contributed by atoms with van der Waals surface area (Å²) in [4.78, 5) is 14.3. The summed E-state index contributed by atoms with van der Waals surface area (Å²) in [5.74, 6) is 2.08. The van der Waals surface area contributed by atoms with Crippen LogP contribution in [0.3, 0.4) is 0 Å². The SMILES string of the molecule is COP(=O)(OC)C1=CC[C@H]2[C@@H]3CC[C@H]4N(C)C(=O)CC[C@]4(C)[C@H]3CC[C@]12C. The smallest absolute Gasteiger partial charge is 0.342 e. The minimum Gasteiger partial charge on any atom is -0.342 e. The Hall–Kier alpha value is -0.640. The molecule has 6 atom stereocenters. The monoisotopic (exact) mass is 395 g/mol. The number of carbonyl (C=O) groups excluding carboxylic acids is 1. The number of allylic oxidation sites excluding steroid dienone is 2. The van der Waals surface area contributed by atoms with E-state index >= 15 is 0 Å². The lowest BCUT2D eigenvalue weighted by atomic mass is 9.47. The highest BCUT2D eigenvalue weighted by Gasteiger charge is 2.61. The van der Waals surface area contributed by atoms with Crippen molar-refractivity contribution < 1.29 is 18.4 Å². The molecule has 3 aliphatic carbocycles. The number of nitrogens with zero attached hydrogens (tertiary/aromatic N) is 1. The normalized spacial score (nSPS) is 44.4. The summed E-state index contributed by atoms with van der Waals surface area (Å²) in [6, 6.07) is 0.377. The fourth-order valence-electron chi connectivity index (χ4n) is 7.39. The molecule has 0 radical (unpaired) electrons. The molecule has 0 aromatic carbocycles. The summed E-state index contributed by atoms with van der Waals surface area (Å²) in [7, 11) is 1.80. The first-order valence-electron chi connectivity index (χ1n) is 10.4. The van der Waals surface area contributed by atoms with Gasteiger partial charge in [-0.1, -0.05) is 19.9 Å². The van der Waals surface area contributed by atoms with Crippen LogP contribution in [0.2, 0.25) is 0 Å². The predicted octanol–water partition coefficient (Wildman–Crippen LogP) is 4.83. The van der Waals surface area contributed by atoms with Crippen LogP contribution in [-0.2, 0) is 18.4 Å². The average Bonchev–Trinajstić information content (AvgIpc) is 3.02. The summed E-state index contributed by atoms with van der Waals surface area (Å²) in [6.07, 6.45) is 9.24. The molecule has 5 nitrogen and oxygen atoms in total. The number of carbonyl (C=O) groups is 1. The summed E-state index contributed by atoms with van der Waals surface area (Å²) >= 11 is 0. The van der Waals surface area contributed by atoms with Crippen LogP contribution in [0.4, 0.5) is 0 Å². The lowest BCUT2D eigenvalue weighted by molar-refractivity contribution is -0.156. The zero-order valence-corrected chi connectivity index (χ0v) is 18.3. The molecule has 0 spiro atoms. The van der Waals surface area contributed by atoms with Gasteiger partial charge < -0.3 is 13.9 Å². The van der Waals surface area contributed by atoms with Gasteiger partial charge in [-0.2, -0.15) is 0 Å². The van der Waals surface area contributed by atoms with E-state index in [4.69, 9.17) is 9.05 Å². The van der Waals surface area contributed by atoms with Crippen molar-refractivity contribution in [3.63, 3.8) is 0 Å². The van der Waals surface area contributed by atoms with E-state index < -0.39 is 7.60 Å². The third kappa shape index (κ3) is 2.57. The van der Waals surface area contributed by atoms with Crippen LogP contribution in [-0.4, -0.2) is 38.1 Å². The van der Waals surface area contributed by atoms with Crippen LogP contribution in [0.5, 0.6) is 0 Å². The molecule has 0 aromatic rings. The van der Waals surface area contributed by atoms with E-state index in [2.05, 4.69) is 19.9 Å². The van der Waals surface area contributed by atoms with Crippen molar-refractivity contribution in [1.82, 2.24) is 4.90 Å². The maximum atomic E-state index is 13.2. The van der Waals surface area contributed by atoms with Crippen molar-refractivity contribution in [3.05, 3.63) is 11.4 Å². The van der Waals surface area contributed by atoms with Gasteiger partial charge in [0.25, 0.3) is 0 Å². The van der Waals surface area contributed by atoms with Gasteiger partial charge in [-0.3, -0.25) is 9.36 Å². The molecule has 1 heterocycles. The van der Waals surface area contributed by atoms with Crippen molar-refractivity contribution in [3.8, 4) is 0 Å². The van der Waals surface area contributed by atoms with Crippen molar-refractivity contribution in [2.75, 3.05) is 21.3 Å². The van der Waals surface area contributed by atoms with E-state index in [9.17, 15) is 9.36 Å². The first kappa shape index (κ1) is 19.7. The van der Waals surface area contributed by atoms with Crippen LogP contribution in [0, 0.1) is 28.6 Å². The molecule has 0 bridgehead atoms. The third-order valence-electron chi connectivity index (χ3n) is 8.87. The number of fused-ring (bicyclic) bond motifs is 5. The predicted molar refractivity (Wildman–Crippen MR) is 105 cm³/mol. The van der Waals surface area contributed by atoms with E-state index in [0.29, 0.717) is 36.1 Å². The first-order chi connectivity index (χ1) is 12.7. The second-order valence-corrected chi connectivity index (χ2v) is 11.8. The van der Waals surface area contributed by atoms with Crippen LogP contribution in [0.25, 0.3) is 0 Å². The maximum Gasteiger partial charge on any atom is 0.357 e. The molecule has 27 heavy (non-hydrogen) atoms. The van der Waals surface area contributed by atoms with Gasteiger partial charge >= 0.3 is 7.60 Å². The van der Waals surface area contributed by atoms with Gasteiger partial charge in [0.05, 0.1) is 0 Å². The minimum atomic E-state index is -3.19. The van der Waals surface area contributed by atoms with Crippen molar-refractivity contribution in [2.45, 2.75) is 64.8 Å². The molecule has 0 unspecified atom stereocenters. The molecule has 0 aromatic heterocycles. The summed E-state index contributed by atoms with van der Waals surface area (Å²) in [5.41, 5.74) is 0.115. The molecular formula is C21H34NO4P. The Morgan fingerprint density at radius 2 is 1.81 bits per heavy atom. The Morgan fingerprint density at radius 3 is 2.48 bits per heavy atom. The van der Waals surface area contributed by atoms with Gasteiger partial charge in [0.15, 0.2) is 0 Å². The van der Waals surface area contributed by atoms with E-state index in [-0.39, 0.29) is 10.8 Å². The highest BCUT2D eigenvalue weighted by atomic mass is 31.2. The highest BCUT2D eigenvalue weighted by Crippen LogP contribution is 2.72. The fourth-order valence-corrected chi connectivity index (χ4v) is 9.17. The largest absolute Gasteiger partial charge is 0.357 e. The Morgan fingerprint density at radius 1 is 1.11 bits per heavy atom. The zero-order chi connectivity index (χ0) is 19.6. The summed E-state index contributed by atoms with van der Waals surface area (Å²) in [6.45, 7) is 4.71. The van der Waals surface area contributed by atoms with Crippen molar-refractivity contribution in [1.29, 1.82) is 0 Å². The Balaban J connectivity index is 1.64. The zero-order valence-electron chi connectivity index (χ0n) is 17.4. The van der Waals surface area contributed by atoms with Crippen LogP contribution < -0.4 is 0 Å². The second-order valence-electron chi connectivity index (χ2n) is 9.62. The van der Waals surface area contributed by atoms with Crippen LogP contribution in [0.1, 0.15) is 58.8 Å². The molecule has 1 amide bonds. The van der Waals surface area contributed by atoms with Gasteiger partial charge in [0, 0.05) is 44.5 Å². The van der Waals surface area contributed by atoms with Crippen LogP contribution in [0.15, 0.2) is 11.4 Å². The standard InChI is InChI=1S/C21H34NO4P/c1-20-13-11-19(23)22(3)17(20)8-6-14-15-7-9-18(27(24,25-4)26-5)21(15,2)12-10-16(14)20/h9,14-17H,6-8,10-13H2,1-5H3/t14-,15-,16-,17+,20+,21-/m0/s1. The van der Waals surface area contributed by atoms with Gasteiger partial charge in [-0.05, 0) is 61.7 Å². The number of hydrogen-bond donors (Lipinski definition) is 0. The molecule has 0 N–H and O–H groups in total. The number of amides is 1. The molecular weight excluding hydrogens is 361 g/mol. The Labute approximate surface area is 163 Å². The Bertz CT molecular complexity index is 713. The quantitative estimate of drug-likeness (QED) is 0.642. The van der Waals surface area contributed by atoms with Crippen molar-refractivity contribution in [2.24, 2.45) is 28.6 Å². The third-order valence-corrected chi connectivity index (χ3v) is 11.1. The van der Waals surface area contributed by atoms with Crippen LogP contribution >= 0.6 is 7.60 Å². The van der Waals surface area contributed by atoms with Gasteiger partial charge in [-0.15, -0.1) is 0 Å². The molecule has 1 saturated heterocycles. The Kier molecular flexibility index (Phi) is 4.69. The maximum absolute atomic E-state index is 13.2. The molecule has 3 fully saturated rings. The fraction of sp³-hybridized carbons (Fsp3) is 0.857. The number of piperidine rings is 1. The molecule has 4 rings (SSSR count). The molecule has 1 aliphatic heterocycles. The minimum absolute atomic E-state index is 0.0949. The highest BCUT2D eigenvalue weighted by molar-refractivity contribution is 7.58. The van der Waals surface area contributed by atoms with Gasteiger partial charge in [0.2, 0.25) is 5.91 Å². The molecule has 4 aliphatic rings. The van der Waals surface area contributed by atoms with E-state index in [1.165, 1.54) is 14.2 Å². The second kappa shape index (κ2) is 6.43. The number of hydrogen-bond acceptors (Lipinski definition) is 4. The summed E-state index contributed by atoms with van der Waals surface area (Å²) in [5, 5.41) is 0.909. The number of likely N-dealkylation sites (tertiary alicyclic amines) is 1. The number of rotatable bonds is 3. The molecule has 2 saturated carbocycles. The molecule has 6 heteroatoms. The summed E-state index contributed by atoms with van der Waals surface area (Å²) < 4.78 is 23.9. The topological polar surface area (TPSA) is 55.8 Å². The van der Waals surface area contributed by atoms with E-state index in [1.54, 1.807) is 0 Å². The molecule has 152 valence electrons. The van der Waals surface area contributed by atoms with Crippen molar-refractivity contribution >= 4 is 13.5 Å². The lowest BCUT2D eigenvalue weighted by Gasteiger charge is -2.61. The lowest BCUT2D eigenvalue weighted by Crippen LogP contribution is -2.61. The van der Waals surface area contributed by atoms with Gasteiger partial charge in [-0.25, -0.2) is 0 Å². The van der Waals surface area contributed by atoms with E-state index in [0.717, 1.165) is 43.8 Å². The van der Waals surface area contributed by atoms with E-state index in [1.807, 2.05) is 11.9 Å². The average molecular weight is 395 g/mol. The first-order valence-corrected chi connectivity index (χ1v) is 11.9.